The lowest BCUT2D eigenvalue weighted by Gasteiger charge is -2.12. The van der Waals surface area contributed by atoms with Crippen molar-refractivity contribution in [2.24, 2.45) is 13.9 Å². The number of methoxy groups -OCH3 is 2. The van der Waals surface area contributed by atoms with Crippen molar-refractivity contribution >= 4 is 60.3 Å². The molecule has 47 heavy (non-hydrogen) atoms. The second-order valence-electron chi connectivity index (χ2n) is 7.85. The van der Waals surface area contributed by atoms with Crippen molar-refractivity contribution in [2.45, 2.75) is 4.90 Å². The SMILES string of the molecule is COc1ccccc1Oc1ccccc1.COc1ccccc1Oc1ccccc1S(N)(=O)=O.O=C(Cl)Cl.O=C=NS(=O)(=O)N=C=O. The molecule has 4 aromatic rings. The summed E-state index contributed by atoms with van der Waals surface area (Å²) in [6.45, 7) is 0. The molecular weight excluding hydrogens is 701 g/mol. The summed E-state index contributed by atoms with van der Waals surface area (Å²) in [7, 11) is -4.98. The van der Waals surface area contributed by atoms with Gasteiger partial charge >= 0.3 is 14.9 Å². The predicted octanol–water partition coefficient (Wildman–Crippen LogP) is 6.11. The average molecular weight is 727 g/mol. The summed E-state index contributed by atoms with van der Waals surface area (Å²) < 4.78 is 67.9. The van der Waals surface area contributed by atoms with Crippen LogP contribution in [0.15, 0.2) is 117 Å². The summed E-state index contributed by atoms with van der Waals surface area (Å²) in [6, 6.07) is 30.3. The average Bonchev–Trinajstić information content (AvgIpc) is 3.02. The fourth-order valence-electron chi connectivity index (χ4n) is 3.02. The first-order valence-corrected chi connectivity index (χ1v) is 16.0. The molecule has 0 aromatic heterocycles. The van der Waals surface area contributed by atoms with E-state index in [0.717, 1.165) is 17.2 Å². The van der Waals surface area contributed by atoms with E-state index >= 15 is 0 Å². The number of para-hydroxylation sites is 6. The summed E-state index contributed by atoms with van der Waals surface area (Å²) in [5.41, 5.74) is 0. The molecule has 4 aromatic carbocycles. The molecule has 0 radical (unpaired) electrons. The monoisotopic (exact) mass is 725 g/mol. The third-order valence-corrected chi connectivity index (χ3v) is 6.35. The number of carbonyl (C=O) groups excluding carboxylic acids is 3. The van der Waals surface area contributed by atoms with E-state index in [1.807, 2.05) is 54.6 Å². The zero-order valence-corrected chi connectivity index (χ0v) is 27.5. The minimum atomic E-state index is -4.28. The van der Waals surface area contributed by atoms with Crippen LogP contribution >= 0.6 is 23.2 Å². The Bertz CT molecular complexity index is 1890. The van der Waals surface area contributed by atoms with Crippen LogP contribution in [0.3, 0.4) is 0 Å². The van der Waals surface area contributed by atoms with Gasteiger partial charge in [0.15, 0.2) is 23.0 Å². The molecular formula is C29H25Cl2N3O11S2. The first-order valence-electron chi connectivity index (χ1n) is 12.3. The van der Waals surface area contributed by atoms with Crippen molar-refractivity contribution in [3.05, 3.63) is 103 Å². The lowest BCUT2D eigenvalue weighted by molar-refractivity contribution is 0.275. The zero-order chi connectivity index (χ0) is 35.3. The molecule has 0 unspecified atom stereocenters. The number of primary sulfonamides is 1. The number of nitrogens with zero attached hydrogens (tertiary/aromatic N) is 2. The number of hydrogen-bond donors (Lipinski definition) is 1. The Morgan fingerprint density at radius 1 is 0.617 bits per heavy atom. The number of benzene rings is 4. The third kappa shape index (κ3) is 16.2. The van der Waals surface area contributed by atoms with E-state index in [-0.39, 0.29) is 10.6 Å². The molecule has 0 aliphatic rings. The van der Waals surface area contributed by atoms with Gasteiger partial charge in [-0.15, -0.1) is 0 Å². The number of ether oxygens (including phenoxy) is 4. The van der Waals surface area contributed by atoms with Gasteiger partial charge in [0.1, 0.15) is 16.4 Å². The Hall–Kier alpha value is -5.05. The fraction of sp³-hybridized carbons (Fsp3) is 0.0690. The van der Waals surface area contributed by atoms with Crippen LogP contribution in [0.2, 0.25) is 0 Å². The quantitative estimate of drug-likeness (QED) is 0.118. The minimum Gasteiger partial charge on any atom is -0.493 e. The van der Waals surface area contributed by atoms with Gasteiger partial charge < -0.3 is 18.9 Å². The summed E-state index contributed by atoms with van der Waals surface area (Å²) in [4.78, 5) is 27.4. The Labute approximate surface area is 280 Å². The molecule has 4 rings (SSSR count). The van der Waals surface area contributed by atoms with E-state index in [1.165, 1.54) is 19.2 Å². The van der Waals surface area contributed by atoms with Crippen molar-refractivity contribution in [1.82, 2.24) is 0 Å². The largest absolute Gasteiger partial charge is 0.493 e. The Morgan fingerprint density at radius 3 is 1.38 bits per heavy atom. The minimum absolute atomic E-state index is 0.0686. The van der Waals surface area contributed by atoms with Crippen LogP contribution in [0.4, 0.5) is 4.79 Å². The molecule has 0 atom stereocenters. The maximum absolute atomic E-state index is 11.5. The van der Waals surface area contributed by atoms with E-state index in [0.29, 0.717) is 23.7 Å². The molecule has 0 bridgehead atoms. The third-order valence-electron chi connectivity index (χ3n) is 4.79. The normalized spacial score (nSPS) is 9.81. The Morgan fingerprint density at radius 2 is 0.979 bits per heavy atom. The van der Waals surface area contributed by atoms with Crippen molar-refractivity contribution < 1.29 is 50.2 Å². The Kier molecular flexibility index (Phi) is 17.8. The summed E-state index contributed by atoms with van der Waals surface area (Å²) in [5.74, 6) is 3.36. The van der Waals surface area contributed by atoms with Gasteiger partial charge in [-0.2, -0.15) is 8.42 Å². The molecule has 0 aliphatic heterocycles. The van der Waals surface area contributed by atoms with Crippen molar-refractivity contribution in [1.29, 1.82) is 0 Å². The van der Waals surface area contributed by atoms with E-state index in [9.17, 15) is 26.4 Å². The second kappa shape index (κ2) is 20.9. The number of nitrogens with two attached hydrogens (primary N) is 1. The van der Waals surface area contributed by atoms with Gasteiger partial charge in [0.25, 0.3) is 12.2 Å². The highest BCUT2D eigenvalue weighted by atomic mass is 35.5. The second-order valence-corrected chi connectivity index (χ2v) is 11.5. The van der Waals surface area contributed by atoms with Gasteiger partial charge in [0, 0.05) is 0 Å². The van der Waals surface area contributed by atoms with Gasteiger partial charge in [-0.25, -0.2) is 23.1 Å². The molecule has 18 heteroatoms. The molecule has 0 saturated carbocycles. The number of halogens is 2. The lowest BCUT2D eigenvalue weighted by atomic mass is 10.3. The molecule has 2 N–H and O–H groups in total. The molecule has 0 heterocycles. The number of sulfonamides is 1. The summed E-state index contributed by atoms with van der Waals surface area (Å²) in [5, 5.41) is 5.14. The van der Waals surface area contributed by atoms with E-state index in [4.69, 9.17) is 28.9 Å². The van der Waals surface area contributed by atoms with Gasteiger partial charge in [-0.3, -0.25) is 4.79 Å². The van der Waals surface area contributed by atoms with E-state index in [1.54, 1.807) is 43.5 Å². The lowest BCUT2D eigenvalue weighted by Crippen LogP contribution is -2.13. The maximum Gasteiger partial charge on any atom is 0.383 e. The standard InChI is InChI=1S/C13H13NO4S.C13H12O2.C2N2O4S.CCl2O/c1-17-10-6-2-3-7-11(10)18-12-8-4-5-9-13(12)19(14,15)16;1-14-12-9-5-6-10-13(12)15-11-7-3-2-4-8-11;5-1-3-9(7,8)4-2-6;2-1(3)4/h2-9H,1H3,(H2,14,15,16);2-10H,1H3;;. The van der Waals surface area contributed by atoms with Crippen LogP contribution in [-0.4, -0.2) is 47.9 Å². The fourth-order valence-corrected chi connectivity index (χ4v) is 3.91. The van der Waals surface area contributed by atoms with Crippen LogP contribution in [-0.2, 0) is 29.8 Å². The van der Waals surface area contributed by atoms with Gasteiger partial charge in [0.2, 0.25) is 10.0 Å². The number of isocyanates is 2. The predicted molar refractivity (Wildman–Crippen MR) is 173 cm³/mol. The van der Waals surface area contributed by atoms with Crippen LogP contribution in [0.1, 0.15) is 0 Å². The Balaban J connectivity index is 0.000000351. The molecule has 0 spiro atoms. The van der Waals surface area contributed by atoms with Crippen LogP contribution in [0.5, 0.6) is 34.5 Å². The molecule has 14 nitrogen and oxygen atoms in total. The van der Waals surface area contributed by atoms with E-state index < -0.39 is 24.9 Å². The summed E-state index contributed by atoms with van der Waals surface area (Å²) in [6.07, 6.45) is 1.41. The highest BCUT2D eigenvalue weighted by Gasteiger charge is 2.16. The van der Waals surface area contributed by atoms with Crippen molar-refractivity contribution in [3.63, 3.8) is 0 Å². The first kappa shape index (κ1) is 40.0. The summed E-state index contributed by atoms with van der Waals surface area (Å²) >= 11 is 8.80. The van der Waals surface area contributed by atoms with Gasteiger partial charge in [0.05, 0.1) is 14.2 Å². The number of rotatable bonds is 9. The topological polar surface area (TPSA) is 207 Å². The van der Waals surface area contributed by atoms with Crippen LogP contribution in [0.25, 0.3) is 0 Å². The highest BCUT2D eigenvalue weighted by molar-refractivity contribution is 7.89. The molecule has 0 aliphatic carbocycles. The van der Waals surface area contributed by atoms with E-state index in [2.05, 4.69) is 32.0 Å². The zero-order valence-electron chi connectivity index (χ0n) is 24.3. The number of carbonyl (C=O) groups is 1. The van der Waals surface area contributed by atoms with Crippen molar-refractivity contribution in [3.8, 4) is 34.5 Å². The molecule has 0 fully saturated rings. The van der Waals surface area contributed by atoms with Crippen molar-refractivity contribution in [2.75, 3.05) is 14.2 Å². The van der Waals surface area contributed by atoms with Crippen LogP contribution in [0, 0.1) is 0 Å². The highest BCUT2D eigenvalue weighted by Crippen LogP contribution is 2.34. The maximum atomic E-state index is 11.5. The van der Waals surface area contributed by atoms with Crippen LogP contribution < -0.4 is 24.1 Å². The number of hydrogen-bond acceptors (Lipinski definition) is 11. The molecule has 0 amide bonds. The molecule has 0 saturated heterocycles. The first-order chi connectivity index (χ1) is 22.3. The van der Waals surface area contributed by atoms with Gasteiger partial charge in [-0.05, 0) is 71.7 Å². The van der Waals surface area contributed by atoms with Gasteiger partial charge in [-0.1, -0.05) is 63.4 Å². The molecule has 248 valence electrons. The smallest absolute Gasteiger partial charge is 0.383 e.